The molecule has 0 heterocycles. The van der Waals surface area contributed by atoms with Gasteiger partial charge in [-0.05, 0) is 6.42 Å². The first-order valence-corrected chi connectivity index (χ1v) is 3.78. The molecule has 1 fully saturated rings. The van der Waals surface area contributed by atoms with Gasteiger partial charge in [-0.25, -0.2) is 0 Å². The van der Waals surface area contributed by atoms with E-state index in [4.69, 9.17) is 10.2 Å². The zero-order chi connectivity index (χ0) is 8.43. The highest BCUT2D eigenvalue weighted by Crippen LogP contribution is 2.30. The SMILES string of the molecule is OCC1CC(CO)C(O)C1O. The fourth-order valence-corrected chi connectivity index (χ4v) is 1.59. The standard InChI is InChI=1S/C7H14O4/c8-2-4-1-5(3-9)7(11)6(4)10/h4-11H,1-3H2. The van der Waals surface area contributed by atoms with Gasteiger partial charge >= 0.3 is 0 Å². The fraction of sp³-hybridized carbons (Fsp3) is 1.00. The van der Waals surface area contributed by atoms with Crippen LogP contribution in [-0.4, -0.2) is 45.8 Å². The molecule has 1 aliphatic rings. The summed E-state index contributed by atoms with van der Waals surface area (Å²) >= 11 is 0. The van der Waals surface area contributed by atoms with Gasteiger partial charge in [0.15, 0.2) is 0 Å². The van der Waals surface area contributed by atoms with Crippen LogP contribution in [0.25, 0.3) is 0 Å². The normalized spacial score (nSPS) is 44.7. The second-order valence-electron chi connectivity index (χ2n) is 3.10. The molecular formula is C7H14O4. The molecule has 11 heavy (non-hydrogen) atoms. The van der Waals surface area contributed by atoms with Crippen molar-refractivity contribution in [1.29, 1.82) is 0 Å². The number of hydrogen-bond acceptors (Lipinski definition) is 4. The summed E-state index contributed by atoms with van der Waals surface area (Å²) in [4.78, 5) is 0. The number of aliphatic hydroxyl groups is 4. The Bertz CT molecular complexity index is 110. The molecule has 1 saturated carbocycles. The van der Waals surface area contributed by atoms with E-state index in [0.29, 0.717) is 6.42 Å². The van der Waals surface area contributed by atoms with Crippen molar-refractivity contribution in [1.82, 2.24) is 0 Å². The Morgan fingerprint density at radius 3 is 1.45 bits per heavy atom. The lowest BCUT2D eigenvalue weighted by molar-refractivity contribution is -0.0135. The van der Waals surface area contributed by atoms with E-state index in [9.17, 15) is 10.2 Å². The lowest BCUT2D eigenvalue weighted by atomic mass is 10.1. The minimum atomic E-state index is -0.878. The van der Waals surface area contributed by atoms with E-state index in [2.05, 4.69) is 0 Å². The van der Waals surface area contributed by atoms with Crippen LogP contribution in [0.2, 0.25) is 0 Å². The maximum Gasteiger partial charge on any atom is 0.0852 e. The molecule has 4 unspecified atom stereocenters. The zero-order valence-electron chi connectivity index (χ0n) is 6.22. The molecule has 0 aromatic carbocycles. The summed E-state index contributed by atoms with van der Waals surface area (Å²) in [5, 5.41) is 35.9. The molecule has 0 radical (unpaired) electrons. The molecule has 1 aliphatic carbocycles. The number of aliphatic hydroxyl groups excluding tert-OH is 4. The lowest BCUT2D eigenvalue weighted by Crippen LogP contribution is -2.30. The average Bonchev–Trinajstić information content (AvgIpc) is 2.30. The minimum absolute atomic E-state index is 0.130. The van der Waals surface area contributed by atoms with Crippen LogP contribution >= 0.6 is 0 Å². The zero-order valence-corrected chi connectivity index (χ0v) is 6.22. The molecular weight excluding hydrogens is 148 g/mol. The maximum absolute atomic E-state index is 9.24. The molecule has 4 N–H and O–H groups in total. The highest BCUT2D eigenvalue weighted by atomic mass is 16.3. The Labute approximate surface area is 65.1 Å². The van der Waals surface area contributed by atoms with E-state index >= 15 is 0 Å². The largest absolute Gasteiger partial charge is 0.396 e. The predicted molar refractivity (Wildman–Crippen MR) is 37.8 cm³/mol. The van der Waals surface area contributed by atoms with Gasteiger partial charge in [0.25, 0.3) is 0 Å². The smallest absolute Gasteiger partial charge is 0.0852 e. The Morgan fingerprint density at radius 2 is 1.27 bits per heavy atom. The summed E-state index contributed by atoms with van der Waals surface area (Å²) in [6.07, 6.45) is -1.26. The molecule has 66 valence electrons. The van der Waals surface area contributed by atoms with Crippen molar-refractivity contribution in [2.45, 2.75) is 18.6 Å². The Kier molecular flexibility index (Phi) is 2.84. The van der Waals surface area contributed by atoms with E-state index in [1.807, 2.05) is 0 Å². The summed E-state index contributed by atoms with van der Waals surface area (Å²) < 4.78 is 0. The topological polar surface area (TPSA) is 80.9 Å². The predicted octanol–water partition coefficient (Wildman–Crippen LogP) is -1.67. The lowest BCUT2D eigenvalue weighted by Gasteiger charge is -2.14. The van der Waals surface area contributed by atoms with Gasteiger partial charge in [0.1, 0.15) is 0 Å². The Balaban J connectivity index is 2.53. The van der Waals surface area contributed by atoms with Crippen LogP contribution in [0.15, 0.2) is 0 Å². The van der Waals surface area contributed by atoms with Gasteiger partial charge in [-0.1, -0.05) is 0 Å². The van der Waals surface area contributed by atoms with E-state index in [1.165, 1.54) is 0 Å². The number of rotatable bonds is 2. The summed E-state index contributed by atoms with van der Waals surface area (Å²) in [6.45, 7) is -0.260. The van der Waals surface area contributed by atoms with Crippen LogP contribution in [0, 0.1) is 11.8 Å². The molecule has 0 amide bonds. The second-order valence-corrected chi connectivity index (χ2v) is 3.10. The van der Waals surface area contributed by atoms with Crippen LogP contribution in [0.3, 0.4) is 0 Å². The van der Waals surface area contributed by atoms with Crippen LogP contribution in [0.1, 0.15) is 6.42 Å². The first kappa shape index (κ1) is 8.93. The molecule has 1 rings (SSSR count). The summed E-state index contributed by atoms with van der Waals surface area (Å²) in [6, 6.07) is 0. The Hall–Kier alpha value is -0.160. The van der Waals surface area contributed by atoms with Gasteiger partial charge in [-0.3, -0.25) is 0 Å². The van der Waals surface area contributed by atoms with Gasteiger partial charge in [-0.2, -0.15) is 0 Å². The molecule has 0 aromatic heterocycles. The van der Waals surface area contributed by atoms with Crippen LogP contribution in [0.4, 0.5) is 0 Å². The highest BCUT2D eigenvalue weighted by molar-refractivity contribution is 4.90. The number of hydrogen-bond donors (Lipinski definition) is 4. The van der Waals surface area contributed by atoms with Crippen LogP contribution in [0.5, 0.6) is 0 Å². The maximum atomic E-state index is 9.24. The van der Waals surface area contributed by atoms with Gasteiger partial charge in [-0.15, -0.1) is 0 Å². The average molecular weight is 162 g/mol. The van der Waals surface area contributed by atoms with Crippen molar-refractivity contribution < 1.29 is 20.4 Å². The van der Waals surface area contributed by atoms with Crippen molar-refractivity contribution in [3.63, 3.8) is 0 Å². The van der Waals surface area contributed by atoms with Crippen molar-refractivity contribution in [2.24, 2.45) is 11.8 Å². The fourth-order valence-electron chi connectivity index (χ4n) is 1.59. The summed E-state index contributed by atoms with van der Waals surface area (Å²) in [7, 11) is 0. The van der Waals surface area contributed by atoms with E-state index in [1.54, 1.807) is 0 Å². The summed E-state index contributed by atoms with van der Waals surface area (Å²) in [5.74, 6) is -0.552. The van der Waals surface area contributed by atoms with Gasteiger partial charge < -0.3 is 20.4 Å². The van der Waals surface area contributed by atoms with Crippen LogP contribution in [-0.2, 0) is 0 Å². The van der Waals surface area contributed by atoms with E-state index in [0.717, 1.165) is 0 Å². The molecule has 4 atom stereocenters. The third-order valence-corrected chi connectivity index (χ3v) is 2.39. The van der Waals surface area contributed by atoms with Crippen molar-refractivity contribution >= 4 is 0 Å². The van der Waals surface area contributed by atoms with Gasteiger partial charge in [0, 0.05) is 25.0 Å². The minimum Gasteiger partial charge on any atom is -0.396 e. The third kappa shape index (κ3) is 1.54. The molecule has 0 bridgehead atoms. The second kappa shape index (κ2) is 3.49. The van der Waals surface area contributed by atoms with E-state index in [-0.39, 0.29) is 25.0 Å². The van der Waals surface area contributed by atoms with Crippen molar-refractivity contribution in [3.05, 3.63) is 0 Å². The Morgan fingerprint density at radius 1 is 0.909 bits per heavy atom. The first-order valence-electron chi connectivity index (χ1n) is 3.78. The summed E-state index contributed by atoms with van der Waals surface area (Å²) in [5.41, 5.74) is 0. The molecule has 0 aliphatic heterocycles. The van der Waals surface area contributed by atoms with Gasteiger partial charge in [0.2, 0.25) is 0 Å². The monoisotopic (exact) mass is 162 g/mol. The van der Waals surface area contributed by atoms with Crippen molar-refractivity contribution in [3.8, 4) is 0 Å². The first-order chi connectivity index (χ1) is 5.20. The molecule has 0 saturated heterocycles. The molecule has 0 spiro atoms. The third-order valence-electron chi connectivity index (χ3n) is 2.39. The highest BCUT2D eigenvalue weighted by Gasteiger charge is 2.40. The molecule has 4 nitrogen and oxygen atoms in total. The van der Waals surface area contributed by atoms with Crippen molar-refractivity contribution in [2.75, 3.05) is 13.2 Å². The quantitative estimate of drug-likeness (QED) is 0.391. The van der Waals surface area contributed by atoms with E-state index < -0.39 is 12.2 Å². The van der Waals surface area contributed by atoms with Gasteiger partial charge in [0.05, 0.1) is 12.2 Å². The molecule has 4 heteroatoms. The van der Waals surface area contributed by atoms with Crippen LogP contribution < -0.4 is 0 Å². The molecule has 0 aromatic rings.